The van der Waals surface area contributed by atoms with Gasteiger partial charge in [-0.15, -0.1) is 10.2 Å². The maximum atomic E-state index is 5.92. The van der Waals surface area contributed by atoms with Crippen LogP contribution >= 0.6 is 0 Å². The van der Waals surface area contributed by atoms with Crippen molar-refractivity contribution in [3.8, 4) is 5.88 Å². The lowest BCUT2D eigenvalue weighted by molar-refractivity contribution is 0.174. The van der Waals surface area contributed by atoms with Crippen LogP contribution in [0.4, 0.5) is 5.95 Å². The second kappa shape index (κ2) is 6.74. The van der Waals surface area contributed by atoms with Crippen LogP contribution in [-0.4, -0.2) is 46.1 Å². The van der Waals surface area contributed by atoms with Gasteiger partial charge < -0.3 is 14.4 Å². The van der Waals surface area contributed by atoms with Crippen LogP contribution in [0.5, 0.6) is 5.88 Å². The third kappa shape index (κ3) is 3.04. The summed E-state index contributed by atoms with van der Waals surface area (Å²) in [5.41, 5.74) is 0. The molecule has 3 rings (SSSR count). The van der Waals surface area contributed by atoms with Gasteiger partial charge in [-0.3, -0.25) is 4.57 Å². The SMILES string of the molecule is CCn1c(COC)nnc1N1CCC(Oc2ccccn2)C1. The summed E-state index contributed by atoms with van der Waals surface area (Å²) in [5, 5.41) is 8.54. The molecule has 118 valence electrons. The molecule has 22 heavy (non-hydrogen) atoms. The minimum atomic E-state index is 0.128. The number of nitrogens with zero attached hydrogens (tertiary/aromatic N) is 5. The number of hydrogen-bond acceptors (Lipinski definition) is 6. The summed E-state index contributed by atoms with van der Waals surface area (Å²) in [6.07, 6.45) is 2.82. The summed E-state index contributed by atoms with van der Waals surface area (Å²) in [6.45, 7) is 5.08. The van der Waals surface area contributed by atoms with Crippen LogP contribution in [-0.2, 0) is 17.9 Å². The number of ether oxygens (including phenoxy) is 2. The first-order chi connectivity index (χ1) is 10.8. The van der Waals surface area contributed by atoms with Gasteiger partial charge in [0.15, 0.2) is 5.82 Å². The number of methoxy groups -OCH3 is 1. The Kier molecular flexibility index (Phi) is 4.53. The first-order valence-electron chi connectivity index (χ1n) is 7.55. The smallest absolute Gasteiger partial charge is 0.227 e. The number of hydrogen-bond donors (Lipinski definition) is 0. The number of pyridine rings is 1. The molecule has 0 aromatic carbocycles. The lowest BCUT2D eigenvalue weighted by Gasteiger charge is -2.18. The van der Waals surface area contributed by atoms with Gasteiger partial charge in [0.05, 0.1) is 6.54 Å². The molecule has 0 bridgehead atoms. The van der Waals surface area contributed by atoms with Crippen molar-refractivity contribution in [2.45, 2.75) is 32.6 Å². The lowest BCUT2D eigenvalue weighted by Crippen LogP contribution is -2.27. The third-order valence-electron chi connectivity index (χ3n) is 3.75. The molecule has 1 unspecified atom stereocenters. The molecule has 1 aliphatic rings. The Balaban J connectivity index is 1.67. The van der Waals surface area contributed by atoms with Crippen LogP contribution in [0.2, 0.25) is 0 Å². The zero-order valence-corrected chi connectivity index (χ0v) is 13.0. The van der Waals surface area contributed by atoms with Crippen molar-refractivity contribution in [1.29, 1.82) is 0 Å². The summed E-state index contributed by atoms with van der Waals surface area (Å²) >= 11 is 0. The van der Waals surface area contributed by atoms with Crippen molar-refractivity contribution < 1.29 is 9.47 Å². The van der Waals surface area contributed by atoms with Gasteiger partial charge in [0.2, 0.25) is 11.8 Å². The first kappa shape index (κ1) is 14.8. The maximum absolute atomic E-state index is 5.92. The highest BCUT2D eigenvalue weighted by atomic mass is 16.5. The Hall–Kier alpha value is -2.15. The molecule has 1 atom stereocenters. The van der Waals surface area contributed by atoms with E-state index in [0.717, 1.165) is 37.8 Å². The minimum Gasteiger partial charge on any atom is -0.472 e. The summed E-state index contributed by atoms with van der Waals surface area (Å²) in [4.78, 5) is 6.42. The Morgan fingerprint density at radius 2 is 2.23 bits per heavy atom. The van der Waals surface area contributed by atoms with Crippen LogP contribution in [0, 0.1) is 0 Å². The van der Waals surface area contributed by atoms with Gasteiger partial charge in [0.25, 0.3) is 0 Å². The fourth-order valence-electron chi connectivity index (χ4n) is 2.71. The molecule has 0 aliphatic carbocycles. The minimum absolute atomic E-state index is 0.128. The normalized spacial score (nSPS) is 17.9. The largest absolute Gasteiger partial charge is 0.472 e. The zero-order valence-electron chi connectivity index (χ0n) is 13.0. The second-order valence-corrected chi connectivity index (χ2v) is 5.24. The molecule has 0 saturated carbocycles. The third-order valence-corrected chi connectivity index (χ3v) is 3.75. The molecule has 0 N–H and O–H groups in total. The lowest BCUT2D eigenvalue weighted by atomic mass is 10.3. The van der Waals surface area contributed by atoms with Gasteiger partial charge in [-0.05, 0) is 13.0 Å². The van der Waals surface area contributed by atoms with E-state index in [1.54, 1.807) is 13.3 Å². The van der Waals surface area contributed by atoms with E-state index in [9.17, 15) is 0 Å². The van der Waals surface area contributed by atoms with Crippen molar-refractivity contribution in [2.75, 3.05) is 25.1 Å². The highest BCUT2D eigenvalue weighted by molar-refractivity contribution is 5.33. The molecule has 1 fully saturated rings. The van der Waals surface area contributed by atoms with E-state index in [1.165, 1.54) is 0 Å². The average molecular weight is 303 g/mol. The van der Waals surface area contributed by atoms with E-state index in [0.29, 0.717) is 12.5 Å². The summed E-state index contributed by atoms with van der Waals surface area (Å²) in [6, 6.07) is 5.70. The molecule has 0 spiro atoms. The highest BCUT2D eigenvalue weighted by Gasteiger charge is 2.28. The summed E-state index contributed by atoms with van der Waals surface area (Å²) < 4.78 is 13.2. The van der Waals surface area contributed by atoms with Gasteiger partial charge in [-0.1, -0.05) is 6.07 Å². The van der Waals surface area contributed by atoms with Gasteiger partial charge >= 0.3 is 0 Å². The number of anilines is 1. The predicted octanol–water partition coefficient (Wildman–Crippen LogP) is 1.50. The van der Waals surface area contributed by atoms with E-state index in [1.807, 2.05) is 18.2 Å². The molecule has 3 heterocycles. The van der Waals surface area contributed by atoms with Gasteiger partial charge in [0, 0.05) is 38.9 Å². The molecule has 7 heteroatoms. The molecule has 0 amide bonds. The average Bonchev–Trinajstić information content (AvgIpc) is 3.15. The summed E-state index contributed by atoms with van der Waals surface area (Å²) in [7, 11) is 1.67. The first-order valence-corrected chi connectivity index (χ1v) is 7.55. The van der Waals surface area contributed by atoms with Crippen molar-refractivity contribution >= 4 is 5.95 Å². The summed E-state index contributed by atoms with van der Waals surface area (Å²) in [5.74, 6) is 2.42. The van der Waals surface area contributed by atoms with E-state index < -0.39 is 0 Å². The Morgan fingerprint density at radius 3 is 2.95 bits per heavy atom. The molecule has 2 aromatic heterocycles. The van der Waals surface area contributed by atoms with Gasteiger partial charge in [-0.2, -0.15) is 0 Å². The number of aromatic nitrogens is 4. The quantitative estimate of drug-likeness (QED) is 0.805. The molecular weight excluding hydrogens is 282 g/mol. The van der Waals surface area contributed by atoms with E-state index in [4.69, 9.17) is 9.47 Å². The standard InChI is InChI=1S/C15H21N5O2/c1-3-20-13(11-21-2)17-18-15(20)19-9-7-12(10-19)22-14-6-4-5-8-16-14/h4-6,8,12H,3,7,9-11H2,1-2H3. The van der Waals surface area contributed by atoms with E-state index >= 15 is 0 Å². The fraction of sp³-hybridized carbons (Fsp3) is 0.533. The zero-order chi connectivity index (χ0) is 15.4. The van der Waals surface area contributed by atoms with Crippen LogP contribution in [0.3, 0.4) is 0 Å². The van der Waals surface area contributed by atoms with Crippen LogP contribution in [0.1, 0.15) is 19.2 Å². The molecule has 0 radical (unpaired) electrons. The van der Waals surface area contributed by atoms with Crippen molar-refractivity contribution in [1.82, 2.24) is 19.7 Å². The van der Waals surface area contributed by atoms with E-state index in [2.05, 4.69) is 31.6 Å². The van der Waals surface area contributed by atoms with E-state index in [-0.39, 0.29) is 6.10 Å². The molecular formula is C15H21N5O2. The Bertz CT molecular complexity index is 601. The topological polar surface area (TPSA) is 65.3 Å². The maximum Gasteiger partial charge on any atom is 0.227 e. The molecule has 1 aliphatic heterocycles. The van der Waals surface area contributed by atoms with Crippen LogP contribution < -0.4 is 9.64 Å². The molecule has 2 aromatic rings. The molecule has 7 nitrogen and oxygen atoms in total. The highest BCUT2D eigenvalue weighted by Crippen LogP contribution is 2.22. The fourth-order valence-corrected chi connectivity index (χ4v) is 2.71. The van der Waals surface area contributed by atoms with Gasteiger partial charge in [0.1, 0.15) is 12.7 Å². The monoisotopic (exact) mass is 303 g/mol. The van der Waals surface area contributed by atoms with Crippen molar-refractivity contribution in [3.63, 3.8) is 0 Å². The van der Waals surface area contributed by atoms with Crippen LogP contribution in [0.25, 0.3) is 0 Å². The predicted molar refractivity (Wildman–Crippen MR) is 81.9 cm³/mol. The Morgan fingerprint density at radius 1 is 1.32 bits per heavy atom. The number of rotatable bonds is 6. The van der Waals surface area contributed by atoms with Crippen LogP contribution in [0.15, 0.2) is 24.4 Å². The second-order valence-electron chi connectivity index (χ2n) is 5.24. The van der Waals surface area contributed by atoms with Crippen molar-refractivity contribution in [3.05, 3.63) is 30.2 Å². The van der Waals surface area contributed by atoms with Gasteiger partial charge in [-0.25, -0.2) is 4.98 Å². The van der Waals surface area contributed by atoms with Crippen molar-refractivity contribution in [2.24, 2.45) is 0 Å². The Labute approximate surface area is 129 Å². The molecule has 1 saturated heterocycles.